The van der Waals surface area contributed by atoms with Crippen LogP contribution >= 0.6 is 0 Å². The molecule has 0 unspecified atom stereocenters. The van der Waals surface area contributed by atoms with Gasteiger partial charge in [0.05, 0.1) is 25.6 Å². The van der Waals surface area contributed by atoms with Gasteiger partial charge >= 0.3 is 0 Å². The Morgan fingerprint density at radius 3 is 2.56 bits per heavy atom. The first-order valence-electron chi connectivity index (χ1n) is 5.79. The molecule has 18 heavy (non-hydrogen) atoms. The molecule has 0 heterocycles. The van der Waals surface area contributed by atoms with Gasteiger partial charge in [0.25, 0.3) is 0 Å². The first-order valence-corrected chi connectivity index (χ1v) is 5.79. The van der Waals surface area contributed by atoms with Crippen molar-refractivity contribution in [2.75, 3.05) is 13.1 Å². The van der Waals surface area contributed by atoms with Crippen molar-refractivity contribution < 1.29 is 9.90 Å². The topological polar surface area (TPSA) is 85.2 Å². The van der Waals surface area contributed by atoms with Crippen molar-refractivity contribution >= 4 is 5.91 Å². The maximum Gasteiger partial charge on any atom is 0.234 e. The van der Waals surface area contributed by atoms with Gasteiger partial charge in [-0.25, -0.2) is 0 Å². The highest BCUT2D eigenvalue weighted by atomic mass is 16.3. The van der Waals surface area contributed by atoms with Crippen LogP contribution in [0.25, 0.3) is 0 Å². The van der Waals surface area contributed by atoms with E-state index < -0.39 is 0 Å². The van der Waals surface area contributed by atoms with Gasteiger partial charge in [0.1, 0.15) is 0 Å². The minimum absolute atomic E-state index is 0.0367. The number of nitrogens with zero attached hydrogens (tertiary/aromatic N) is 1. The molecule has 0 aromatic heterocycles. The minimum atomic E-state index is -0.114. The van der Waals surface area contributed by atoms with Crippen molar-refractivity contribution in [3.05, 3.63) is 35.4 Å². The summed E-state index contributed by atoms with van der Waals surface area (Å²) in [6.07, 6.45) is 0.328. The number of benzene rings is 1. The normalized spacial score (nSPS) is 9.78. The van der Waals surface area contributed by atoms with Gasteiger partial charge in [0.15, 0.2) is 0 Å². The maximum atomic E-state index is 11.3. The van der Waals surface area contributed by atoms with E-state index in [0.717, 1.165) is 11.1 Å². The number of rotatable bonds is 7. The third-order valence-electron chi connectivity index (χ3n) is 2.38. The van der Waals surface area contributed by atoms with E-state index in [2.05, 4.69) is 10.6 Å². The maximum absolute atomic E-state index is 11.3. The van der Waals surface area contributed by atoms with E-state index in [1.807, 2.05) is 30.3 Å². The lowest BCUT2D eigenvalue weighted by molar-refractivity contribution is -0.120. The minimum Gasteiger partial charge on any atom is -0.392 e. The Labute approximate surface area is 106 Å². The number of carbonyl (C=O) groups is 1. The number of carbonyl (C=O) groups excluding carboxylic acids is 1. The molecule has 0 saturated heterocycles. The second kappa shape index (κ2) is 8.23. The second-order valence-corrected chi connectivity index (χ2v) is 3.84. The molecule has 0 atom stereocenters. The lowest BCUT2D eigenvalue weighted by Crippen LogP contribution is -2.34. The Bertz CT molecular complexity index is 409. The summed E-state index contributed by atoms with van der Waals surface area (Å²) < 4.78 is 0. The van der Waals surface area contributed by atoms with E-state index in [-0.39, 0.29) is 19.1 Å². The summed E-state index contributed by atoms with van der Waals surface area (Å²) >= 11 is 0. The summed E-state index contributed by atoms with van der Waals surface area (Å²) in [5.41, 5.74) is 1.92. The average Bonchev–Trinajstić information content (AvgIpc) is 2.40. The molecule has 5 heteroatoms. The van der Waals surface area contributed by atoms with E-state index in [0.29, 0.717) is 19.5 Å². The average molecular weight is 247 g/mol. The van der Waals surface area contributed by atoms with Gasteiger partial charge in [-0.1, -0.05) is 24.3 Å². The smallest absolute Gasteiger partial charge is 0.234 e. The zero-order valence-corrected chi connectivity index (χ0v) is 10.1. The van der Waals surface area contributed by atoms with Crippen LogP contribution in [0.5, 0.6) is 0 Å². The zero-order valence-electron chi connectivity index (χ0n) is 10.1. The molecule has 0 fully saturated rings. The van der Waals surface area contributed by atoms with Gasteiger partial charge in [-0.15, -0.1) is 0 Å². The van der Waals surface area contributed by atoms with Gasteiger partial charge < -0.3 is 15.7 Å². The zero-order chi connectivity index (χ0) is 13.2. The molecule has 0 aliphatic carbocycles. The molecule has 96 valence electrons. The van der Waals surface area contributed by atoms with Crippen LogP contribution in [0.3, 0.4) is 0 Å². The number of amides is 1. The first kappa shape index (κ1) is 14.2. The number of hydrogen-bond donors (Lipinski definition) is 3. The molecular weight excluding hydrogens is 230 g/mol. The fourth-order valence-electron chi connectivity index (χ4n) is 1.40. The molecule has 1 aromatic rings. The fraction of sp³-hybridized carbons (Fsp3) is 0.385. The Balaban J connectivity index is 2.20. The second-order valence-electron chi connectivity index (χ2n) is 3.84. The van der Waals surface area contributed by atoms with E-state index in [4.69, 9.17) is 10.4 Å². The molecule has 0 saturated carbocycles. The van der Waals surface area contributed by atoms with Crippen molar-refractivity contribution in [1.29, 1.82) is 5.26 Å². The van der Waals surface area contributed by atoms with Crippen LogP contribution < -0.4 is 10.6 Å². The van der Waals surface area contributed by atoms with Crippen molar-refractivity contribution in [2.24, 2.45) is 0 Å². The summed E-state index contributed by atoms with van der Waals surface area (Å²) in [5, 5.41) is 22.8. The van der Waals surface area contributed by atoms with Gasteiger partial charge in [-0.05, 0) is 11.1 Å². The van der Waals surface area contributed by atoms with Crippen molar-refractivity contribution in [1.82, 2.24) is 10.6 Å². The lowest BCUT2D eigenvalue weighted by Gasteiger charge is -2.06. The molecule has 1 rings (SSSR count). The van der Waals surface area contributed by atoms with E-state index in [9.17, 15) is 4.79 Å². The fourth-order valence-corrected chi connectivity index (χ4v) is 1.40. The van der Waals surface area contributed by atoms with Crippen molar-refractivity contribution in [2.45, 2.75) is 19.6 Å². The van der Waals surface area contributed by atoms with Gasteiger partial charge in [0, 0.05) is 13.1 Å². The Kier molecular flexibility index (Phi) is 6.47. The number of nitriles is 1. The number of aliphatic hydroxyl groups excluding tert-OH is 1. The Hall–Kier alpha value is -1.90. The largest absolute Gasteiger partial charge is 0.392 e. The number of aliphatic hydroxyl groups is 1. The molecule has 3 N–H and O–H groups in total. The summed E-state index contributed by atoms with van der Waals surface area (Å²) in [6, 6.07) is 9.48. The van der Waals surface area contributed by atoms with Crippen LogP contribution in [0.1, 0.15) is 17.5 Å². The molecule has 5 nitrogen and oxygen atoms in total. The highest BCUT2D eigenvalue weighted by molar-refractivity contribution is 5.77. The highest BCUT2D eigenvalue weighted by Gasteiger charge is 1.99. The summed E-state index contributed by atoms with van der Waals surface area (Å²) in [5.74, 6) is -0.114. The lowest BCUT2D eigenvalue weighted by atomic mass is 10.1. The van der Waals surface area contributed by atoms with Gasteiger partial charge in [0.2, 0.25) is 5.91 Å². The Morgan fingerprint density at radius 1 is 1.28 bits per heavy atom. The first-order chi connectivity index (χ1) is 8.76. The third-order valence-corrected chi connectivity index (χ3v) is 2.38. The number of hydrogen-bond acceptors (Lipinski definition) is 4. The predicted octanol–water partition coefficient (Wildman–Crippen LogP) is 0.298. The van der Waals surface area contributed by atoms with Crippen LogP contribution in [-0.2, 0) is 17.9 Å². The SMILES string of the molecule is N#CCCNC(=O)CNCc1ccc(CO)cc1. The van der Waals surface area contributed by atoms with Crippen molar-refractivity contribution in [3.63, 3.8) is 0 Å². The van der Waals surface area contributed by atoms with Crippen molar-refractivity contribution in [3.8, 4) is 6.07 Å². The third kappa shape index (κ3) is 5.43. The predicted molar refractivity (Wildman–Crippen MR) is 67.3 cm³/mol. The summed E-state index contributed by atoms with van der Waals surface area (Å²) in [7, 11) is 0. The molecular formula is C13H17N3O2. The molecule has 0 aliphatic rings. The Morgan fingerprint density at radius 2 is 1.94 bits per heavy atom. The van der Waals surface area contributed by atoms with Crippen LogP contribution in [-0.4, -0.2) is 24.1 Å². The highest BCUT2D eigenvalue weighted by Crippen LogP contribution is 2.03. The summed E-state index contributed by atoms with van der Waals surface area (Å²) in [4.78, 5) is 11.3. The molecule has 1 aromatic carbocycles. The quantitative estimate of drug-likeness (QED) is 0.605. The van der Waals surface area contributed by atoms with Gasteiger partial charge in [-0.2, -0.15) is 5.26 Å². The molecule has 0 spiro atoms. The van der Waals surface area contributed by atoms with E-state index in [1.165, 1.54) is 0 Å². The molecule has 1 amide bonds. The van der Waals surface area contributed by atoms with Crippen LogP contribution in [0.15, 0.2) is 24.3 Å². The monoisotopic (exact) mass is 247 g/mol. The standard InChI is InChI=1S/C13H17N3O2/c14-6-1-7-16-13(18)9-15-8-11-2-4-12(10-17)5-3-11/h2-5,15,17H,1,7-10H2,(H,16,18). The molecule has 0 bridgehead atoms. The molecule has 0 aliphatic heterocycles. The van der Waals surface area contributed by atoms with Crippen LogP contribution in [0.4, 0.5) is 0 Å². The number of nitrogens with one attached hydrogen (secondary N) is 2. The molecule has 0 radical (unpaired) electrons. The van der Waals surface area contributed by atoms with Crippen LogP contribution in [0, 0.1) is 11.3 Å². The summed E-state index contributed by atoms with van der Waals surface area (Å²) in [6.45, 7) is 1.25. The van der Waals surface area contributed by atoms with Gasteiger partial charge in [-0.3, -0.25) is 4.79 Å². The van der Waals surface area contributed by atoms with E-state index >= 15 is 0 Å². The van der Waals surface area contributed by atoms with E-state index in [1.54, 1.807) is 0 Å². The van der Waals surface area contributed by atoms with Crippen LogP contribution in [0.2, 0.25) is 0 Å².